The first-order chi connectivity index (χ1) is 6.24. The molecule has 0 N–H and O–H groups in total. The molecule has 2 heteroatoms. The van der Waals surface area contributed by atoms with Gasteiger partial charge in [0.15, 0.2) is 0 Å². The van der Waals surface area contributed by atoms with Gasteiger partial charge in [0.05, 0.1) is 0 Å². The number of hydrogen-bond acceptors (Lipinski definition) is 2. The number of aryl methyl sites for hydroxylation is 2. The third-order valence-corrected chi connectivity index (χ3v) is 4.49. The van der Waals surface area contributed by atoms with Gasteiger partial charge in [0.2, 0.25) is 0 Å². The molecule has 0 amide bonds. The molecule has 0 spiro atoms. The molecule has 13 heavy (non-hydrogen) atoms. The normalized spacial score (nSPS) is 11.0. The lowest BCUT2D eigenvalue weighted by molar-refractivity contribution is 1.39. The summed E-state index contributed by atoms with van der Waals surface area (Å²) in [7, 11) is 0. The van der Waals surface area contributed by atoms with Crippen LogP contribution in [0.3, 0.4) is 0 Å². The van der Waals surface area contributed by atoms with Crippen LogP contribution in [-0.2, 0) is 0 Å². The summed E-state index contributed by atoms with van der Waals surface area (Å²) in [6.45, 7) is 4.38. The van der Waals surface area contributed by atoms with Gasteiger partial charge in [-0.2, -0.15) is 0 Å². The molecule has 2 aromatic rings. The number of thiophene rings is 1. The minimum Gasteiger partial charge on any atom is -0.142 e. The van der Waals surface area contributed by atoms with Gasteiger partial charge in [-0.15, -0.1) is 23.1 Å². The number of hydrogen-bond donors (Lipinski definition) is 0. The molecule has 0 unspecified atom stereocenters. The van der Waals surface area contributed by atoms with E-state index in [4.69, 9.17) is 0 Å². The molecule has 0 radical (unpaired) electrons. The Morgan fingerprint density at radius 2 is 2.00 bits per heavy atom. The van der Waals surface area contributed by atoms with E-state index in [1.807, 2.05) is 23.1 Å². The Morgan fingerprint density at radius 3 is 2.69 bits per heavy atom. The van der Waals surface area contributed by atoms with Gasteiger partial charge in [-0.05, 0) is 31.2 Å². The maximum Gasteiger partial charge on any atom is 0.0386 e. The summed E-state index contributed by atoms with van der Waals surface area (Å²) in [5.41, 5.74) is 2.82. The van der Waals surface area contributed by atoms with E-state index in [0.717, 1.165) is 0 Å². The molecule has 0 aliphatic rings. The predicted molar refractivity (Wildman–Crippen MR) is 63.1 cm³/mol. The zero-order valence-electron chi connectivity index (χ0n) is 8.05. The van der Waals surface area contributed by atoms with Crippen molar-refractivity contribution >= 4 is 33.2 Å². The fourth-order valence-corrected chi connectivity index (χ4v) is 3.45. The standard InChI is InChI=1S/C11H12S2/c1-7-4-5-9-10(12-3)6-13-11(9)8(7)2/h4-6H,1-3H3. The van der Waals surface area contributed by atoms with Crippen molar-refractivity contribution in [2.45, 2.75) is 18.7 Å². The molecule has 1 heterocycles. The summed E-state index contributed by atoms with van der Waals surface area (Å²) in [5.74, 6) is 0. The first-order valence-electron chi connectivity index (χ1n) is 4.25. The van der Waals surface area contributed by atoms with Crippen molar-refractivity contribution in [3.05, 3.63) is 28.6 Å². The lowest BCUT2D eigenvalue weighted by atomic mass is 10.1. The van der Waals surface area contributed by atoms with E-state index in [-0.39, 0.29) is 0 Å². The molecular formula is C11H12S2. The second kappa shape index (κ2) is 3.35. The lowest BCUT2D eigenvalue weighted by Crippen LogP contribution is -1.79. The van der Waals surface area contributed by atoms with Crippen LogP contribution >= 0.6 is 23.1 Å². The highest BCUT2D eigenvalue weighted by molar-refractivity contribution is 7.99. The molecule has 0 fully saturated rings. The fourth-order valence-electron chi connectivity index (χ4n) is 1.47. The van der Waals surface area contributed by atoms with Crippen molar-refractivity contribution in [1.82, 2.24) is 0 Å². The molecule has 1 aromatic carbocycles. The van der Waals surface area contributed by atoms with E-state index in [2.05, 4.69) is 37.6 Å². The van der Waals surface area contributed by atoms with Crippen LogP contribution in [0.15, 0.2) is 22.4 Å². The zero-order chi connectivity index (χ0) is 9.42. The third kappa shape index (κ3) is 1.38. The number of thioether (sulfide) groups is 1. The van der Waals surface area contributed by atoms with Gasteiger partial charge in [-0.25, -0.2) is 0 Å². The molecule has 1 aromatic heterocycles. The van der Waals surface area contributed by atoms with Crippen molar-refractivity contribution in [3.8, 4) is 0 Å². The summed E-state index contributed by atoms with van der Waals surface area (Å²) in [6.07, 6.45) is 2.14. The molecule has 0 atom stereocenters. The van der Waals surface area contributed by atoms with Crippen LogP contribution < -0.4 is 0 Å². The Morgan fingerprint density at radius 1 is 1.23 bits per heavy atom. The highest BCUT2D eigenvalue weighted by Crippen LogP contribution is 2.34. The zero-order valence-corrected chi connectivity index (χ0v) is 9.68. The van der Waals surface area contributed by atoms with E-state index in [1.54, 1.807) is 0 Å². The molecule has 68 valence electrons. The van der Waals surface area contributed by atoms with Crippen molar-refractivity contribution < 1.29 is 0 Å². The lowest BCUT2D eigenvalue weighted by Gasteiger charge is -2.01. The van der Waals surface area contributed by atoms with E-state index in [9.17, 15) is 0 Å². The molecule has 2 rings (SSSR count). The molecule has 0 nitrogen and oxygen atoms in total. The monoisotopic (exact) mass is 208 g/mol. The molecule has 0 saturated heterocycles. The van der Waals surface area contributed by atoms with Crippen LogP contribution in [0.2, 0.25) is 0 Å². The summed E-state index contributed by atoms with van der Waals surface area (Å²) in [4.78, 5) is 1.41. The number of benzene rings is 1. The van der Waals surface area contributed by atoms with Crippen molar-refractivity contribution in [2.75, 3.05) is 6.26 Å². The number of rotatable bonds is 1. The molecule has 0 saturated carbocycles. The second-order valence-corrected chi connectivity index (χ2v) is 4.92. The quantitative estimate of drug-likeness (QED) is 0.632. The Bertz CT molecular complexity index is 441. The van der Waals surface area contributed by atoms with Crippen LogP contribution in [0, 0.1) is 13.8 Å². The molecular weight excluding hydrogens is 196 g/mol. The van der Waals surface area contributed by atoms with Gasteiger partial charge in [0, 0.05) is 20.4 Å². The fraction of sp³-hybridized carbons (Fsp3) is 0.273. The summed E-state index contributed by atoms with van der Waals surface area (Å²) in [5, 5.41) is 3.67. The maximum atomic E-state index is 2.25. The van der Waals surface area contributed by atoms with E-state index in [0.29, 0.717) is 0 Å². The smallest absolute Gasteiger partial charge is 0.0386 e. The van der Waals surface area contributed by atoms with E-state index < -0.39 is 0 Å². The molecule has 0 aliphatic heterocycles. The molecule has 0 aliphatic carbocycles. The van der Waals surface area contributed by atoms with Gasteiger partial charge in [0.1, 0.15) is 0 Å². The van der Waals surface area contributed by atoms with E-state index in [1.165, 1.54) is 26.1 Å². The average Bonchev–Trinajstić information content (AvgIpc) is 2.55. The Labute approximate surface area is 87.0 Å². The van der Waals surface area contributed by atoms with Crippen molar-refractivity contribution in [2.24, 2.45) is 0 Å². The Kier molecular flexibility index (Phi) is 2.35. The minimum atomic E-state index is 1.39. The van der Waals surface area contributed by atoms with Crippen molar-refractivity contribution in [3.63, 3.8) is 0 Å². The van der Waals surface area contributed by atoms with E-state index >= 15 is 0 Å². The van der Waals surface area contributed by atoms with Crippen LogP contribution in [0.25, 0.3) is 10.1 Å². The predicted octanol–water partition coefficient (Wildman–Crippen LogP) is 4.24. The maximum absolute atomic E-state index is 2.25. The van der Waals surface area contributed by atoms with Gasteiger partial charge in [0.25, 0.3) is 0 Å². The minimum absolute atomic E-state index is 1.39. The van der Waals surface area contributed by atoms with Gasteiger partial charge >= 0.3 is 0 Å². The summed E-state index contributed by atoms with van der Waals surface area (Å²) < 4.78 is 1.45. The summed E-state index contributed by atoms with van der Waals surface area (Å²) >= 11 is 3.69. The van der Waals surface area contributed by atoms with Crippen LogP contribution in [0.4, 0.5) is 0 Å². The Balaban J connectivity index is 2.81. The van der Waals surface area contributed by atoms with Gasteiger partial charge in [-0.3, -0.25) is 0 Å². The van der Waals surface area contributed by atoms with Crippen LogP contribution in [-0.4, -0.2) is 6.26 Å². The number of fused-ring (bicyclic) bond motifs is 1. The van der Waals surface area contributed by atoms with Gasteiger partial charge < -0.3 is 0 Å². The van der Waals surface area contributed by atoms with Crippen LogP contribution in [0.1, 0.15) is 11.1 Å². The van der Waals surface area contributed by atoms with Crippen LogP contribution in [0.5, 0.6) is 0 Å². The average molecular weight is 208 g/mol. The second-order valence-electron chi connectivity index (χ2n) is 3.19. The van der Waals surface area contributed by atoms with Crippen molar-refractivity contribution in [1.29, 1.82) is 0 Å². The molecule has 0 bridgehead atoms. The highest BCUT2D eigenvalue weighted by atomic mass is 32.2. The SMILES string of the molecule is CSc1csc2c(C)c(C)ccc12. The topological polar surface area (TPSA) is 0 Å². The first-order valence-corrected chi connectivity index (χ1v) is 6.36. The highest BCUT2D eigenvalue weighted by Gasteiger charge is 2.05. The summed E-state index contributed by atoms with van der Waals surface area (Å²) in [6, 6.07) is 4.45. The largest absolute Gasteiger partial charge is 0.142 e. The Hall–Kier alpha value is -0.470. The van der Waals surface area contributed by atoms with Gasteiger partial charge in [-0.1, -0.05) is 12.1 Å². The third-order valence-electron chi connectivity index (χ3n) is 2.45. The first kappa shape index (κ1) is 9.10.